The predicted octanol–water partition coefficient (Wildman–Crippen LogP) is 3.69. The lowest BCUT2D eigenvalue weighted by molar-refractivity contribution is 0.0368. The average Bonchev–Trinajstić information content (AvgIpc) is 3.29. The molecule has 2 aliphatic carbocycles. The Kier molecular flexibility index (Phi) is 7.61. The maximum absolute atomic E-state index is 10.3. The molecule has 0 saturated heterocycles. The first-order valence-electron chi connectivity index (χ1n) is 10.6. The zero-order chi connectivity index (χ0) is 18.7. The molecule has 1 aliphatic heterocycles. The summed E-state index contributed by atoms with van der Waals surface area (Å²) < 4.78 is 5.62. The number of aliphatic imine (C=N–C) groups is 1. The normalized spacial score (nSPS) is 21.5. The molecule has 6 heteroatoms. The summed E-state index contributed by atoms with van der Waals surface area (Å²) in [6, 6.07) is 8.78. The molecule has 0 bridgehead atoms. The number of ether oxygens (including phenoxy) is 1. The van der Waals surface area contributed by atoms with E-state index in [-0.39, 0.29) is 29.4 Å². The fourth-order valence-electron chi connectivity index (χ4n) is 4.59. The Hall–Kier alpha value is -0.860. The Morgan fingerprint density at radius 2 is 2.07 bits per heavy atom. The van der Waals surface area contributed by atoms with Gasteiger partial charge in [-0.3, -0.25) is 4.99 Å². The van der Waals surface area contributed by atoms with E-state index in [0.717, 1.165) is 31.6 Å². The van der Waals surface area contributed by atoms with Crippen molar-refractivity contribution in [3.05, 3.63) is 29.8 Å². The highest BCUT2D eigenvalue weighted by Crippen LogP contribution is 2.50. The van der Waals surface area contributed by atoms with Crippen LogP contribution < -0.4 is 10.2 Å². The summed E-state index contributed by atoms with van der Waals surface area (Å²) in [5.74, 6) is 1.61. The van der Waals surface area contributed by atoms with Crippen LogP contribution in [0.25, 0.3) is 0 Å². The van der Waals surface area contributed by atoms with E-state index < -0.39 is 6.10 Å². The standard InChI is InChI=1S/C22H33N3O2.HI/c1-2-23-21(24-13-18(26)15-27-14-17-9-10-17)25-16-22(11-5-6-12-22)19-7-3-4-8-20(19)25;/h3-4,7-8,17-18,26H,2,5-6,9-16H2,1H3,(H,23,24);1H. The summed E-state index contributed by atoms with van der Waals surface area (Å²) >= 11 is 0. The number of nitrogens with zero attached hydrogens (tertiary/aromatic N) is 2. The first-order chi connectivity index (χ1) is 13.2. The average molecular weight is 499 g/mol. The molecule has 4 rings (SSSR count). The van der Waals surface area contributed by atoms with Crippen molar-refractivity contribution >= 4 is 35.6 Å². The minimum Gasteiger partial charge on any atom is -0.389 e. The Balaban J connectivity index is 0.00000225. The molecule has 5 nitrogen and oxygen atoms in total. The van der Waals surface area contributed by atoms with E-state index in [1.807, 2.05) is 0 Å². The second-order valence-corrected chi connectivity index (χ2v) is 8.42. The van der Waals surface area contributed by atoms with Crippen molar-refractivity contribution in [2.75, 3.05) is 37.7 Å². The predicted molar refractivity (Wildman–Crippen MR) is 125 cm³/mol. The Morgan fingerprint density at radius 1 is 1.32 bits per heavy atom. The second kappa shape index (κ2) is 9.76. The highest BCUT2D eigenvalue weighted by molar-refractivity contribution is 14.0. The molecule has 1 heterocycles. The molecule has 0 amide bonds. The first kappa shape index (κ1) is 21.8. The molecule has 3 aliphatic rings. The van der Waals surface area contributed by atoms with E-state index in [9.17, 15) is 5.11 Å². The quantitative estimate of drug-likeness (QED) is 0.342. The van der Waals surface area contributed by atoms with Crippen molar-refractivity contribution < 1.29 is 9.84 Å². The Morgan fingerprint density at radius 3 is 2.79 bits per heavy atom. The molecule has 0 radical (unpaired) electrons. The van der Waals surface area contributed by atoms with Gasteiger partial charge in [0.25, 0.3) is 0 Å². The van der Waals surface area contributed by atoms with Crippen LogP contribution in [0.5, 0.6) is 0 Å². The molecule has 156 valence electrons. The van der Waals surface area contributed by atoms with E-state index >= 15 is 0 Å². The minimum atomic E-state index is -0.546. The number of guanidine groups is 1. The van der Waals surface area contributed by atoms with E-state index in [2.05, 4.69) is 41.4 Å². The number of aliphatic hydroxyl groups excluding tert-OH is 1. The number of anilines is 1. The lowest BCUT2D eigenvalue weighted by Gasteiger charge is -2.27. The van der Waals surface area contributed by atoms with Gasteiger partial charge in [-0.05, 0) is 50.2 Å². The van der Waals surface area contributed by atoms with Gasteiger partial charge in [0.1, 0.15) is 0 Å². The van der Waals surface area contributed by atoms with Crippen LogP contribution in [0.15, 0.2) is 29.3 Å². The van der Waals surface area contributed by atoms with Crippen molar-refractivity contribution in [2.24, 2.45) is 10.9 Å². The number of nitrogens with one attached hydrogen (secondary N) is 1. The molecular formula is C22H34IN3O2. The third kappa shape index (κ3) is 4.82. The fraction of sp³-hybridized carbons (Fsp3) is 0.682. The maximum atomic E-state index is 10.3. The summed E-state index contributed by atoms with van der Waals surface area (Å²) in [4.78, 5) is 7.10. The number of hydrogen-bond acceptors (Lipinski definition) is 3. The third-order valence-electron chi connectivity index (χ3n) is 6.19. The number of aliphatic hydroxyl groups is 1. The van der Waals surface area contributed by atoms with Crippen molar-refractivity contribution in [3.8, 4) is 0 Å². The van der Waals surface area contributed by atoms with Crippen LogP contribution in [0.3, 0.4) is 0 Å². The largest absolute Gasteiger partial charge is 0.389 e. The molecular weight excluding hydrogens is 465 g/mol. The molecule has 2 saturated carbocycles. The molecule has 1 atom stereocenters. The monoisotopic (exact) mass is 499 g/mol. The topological polar surface area (TPSA) is 57.1 Å². The second-order valence-electron chi connectivity index (χ2n) is 8.42. The zero-order valence-electron chi connectivity index (χ0n) is 16.9. The van der Waals surface area contributed by atoms with Crippen molar-refractivity contribution in [1.82, 2.24) is 5.32 Å². The minimum absolute atomic E-state index is 0. The van der Waals surface area contributed by atoms with Gasteiger partial charge in [0.2, 0.25) is 0 Å². The van der Waals surface area contributed by atoms with Crippen molar-refractivity contribution in [2.45, 2.75) is 57.0 Å². The van der Waals surface area contributed by atoms with Crippen LogP contribution in [-0.2, 0) is 10.2 Å². The Bertz CT molecular complexity index is 672. The van der Waals surface area contributed by atoms with Gasteiger partial charge >= 0.3 is 0 Å². The highest BCUT2D eigenvalue weighted by Gasteiger charge is 2.45. The van der Waals surface area contributed by atoms with Gasteiger partial charge < -0.3 is 20.1 Å². The molecule has 1 spiro atoms. The van der Waals surface area contributed by atoms with Gasteiger partial charge in [0.15, 0.2) is 5.96 Å². The smallest absolute Gasteiger partial charge is 0.198 e. The third-order valence-corrected chi connectivity index (χ3v) is 6.19. The summed E-state index contributed by atoms with van der Waals surface area (Å²) in [6.07, 6.45) is 7.15. The van der Waals surface area contributed by atoms with Gasteiger partial charge in [0, 0.05) is 30.8 Å². The van der Waals surface area contributed by atoms with Crippen LogP contribution in [0.4, 0.5) is 5.69 Å². The van der Waals surface area contributed by atoms with E-state index in [1.165, 1.54) is 49.8 Å². The SMILES string of the molecule is CCNC(=NCC(O)COCC1CC1)N1CC2(CCCC2)c2ccccc21.I. The summed E-state index contributed by atoms with van der Waals surface area (Å²) in [5.41, 5.74) is 3.03. The Labute approximate surface area is 186 Å². The van der Waals surface area contributed by atoms with Crippen molar-refractivity contribution in [3.63, 3.8) is 0 Å². The fourth-order valence-corrected chi connectivity index (χ4v) is 4.59. The van der Waals surface area contributed by atoms with Gasteiger partial charge in [-0.2, -0.15) is 0 Å². The van der Waals surface area contributed by atoms with E-state index in [4.69, 9.17) is 9.73 Å². The van der Waals surface area contributed by atoms with Gasteiger partial charge in [-0.25, -0.2) is 0 Å². The van der Waals surface area contributed by atoms with Crippen LogP contribution in [-0.4, -0.2) is 50.0 Å². The number of benzene rings is 1. The number of halogens is 1. The summed E-state index contributed by atoms with van der Waals surface area (Å²) in [5, 5.41) is 13.7. The summed E-state index contributed by atoms with van der Waals surface area (Å²) in [7, 11) is 0. The van der Waals surface area contributed by atoms with Gasteiger partial charge in [-0.15, -0.1) is 24.0 Å². The number of para-hydroxylation sites is 1. The molecule has 2 fully saturated rings. The number of rotatable bonds is 7. The molecule has 28 heavy (non-hydrogen) atoms. The molecule has 1 aromatic carbocycles. The van der Waals surface area contributed by atoms with Crippen LogP contribution in [0.1, 0.15) is 51.0 Å². The molecule has 1 unspecified atom stereocenters. The lowest BCUT2D eigenvalue weighted by Crippen LogP contribution is -2.44. The zero-order valence-corrected chi connectivity index (χ0v) is 19.2. The lowest BCUT2D eigenvalue weighted by atomic mass is 9.81. The first-order valence-corrected chi connectivity index (χ1v) is 10.6. The van der Waals surface area contributed by atoms with E-state index in [1.54, 1.807) is 0 Å². The maximum Gasteiger partial charge on any atom is 0.198 e. The number of hydrogen-bond donors (Lipinski definition) is 2. The van der Waals surface area contributed by atoms with Crippen LogP contribution >= 0.6 is 24.0 Å². The van der Waals surface area contributed by atoms with Crippen LogP contribution in [0, 0.1) is 5.92 Å². The molecule has 2 N–H and O–H groups in total. The molecule has 0 aromatic heterocycles. The van der Waals surface area contributed by atoms with E-state index in [0.29, 0.717) is 13.2 Å². The molecule has 1 aromatic rings. The van der Waals surface area contributed by atoms with Gasteiger partial charge in [0.05, 0.1) is 19.3 Å². The highest BCUT2D eigenvalue weighted by atomic mass is 127. The van der Waals surface area contributed by atoms with Crippen LogP contribution in [0.2, 0.25) is 0 Å². The number of fused-ring (bicyclic) bond motifs is 2. The van der Waals surface area contributed by atoms with Gasteiger partial charge in [-0.1, -0.05) is 31.0 Å². The summed E-state index contributed by atoms with van der Waals surface area (Å²) in [6.45, 7) is 5.44. The van der Waals surface area contributed by atoms with Crippen molar-refractivity contribution in [1.29, 1.82) is 0 Å².